The normalized spacial score (nSPS) is 10.2. The number of carbonyl (C=O) groups is 1. The van der Waals surface area contributed by atoms with Gasteiger partial charge in [-0.15, -0.1) is 0 Å². The van der Waals surface area contributed by atoms with Gasteiger partial charge in [-0.3, -0.25) is 14.9 Å². The van der Waals surface area contributed by atoms with Crippen molar-refractivity contribution in [2.45, 2.75) is 0 Å². The Balaban J connectivity index is 2.31. The molecule has 0 aliphatic heterocycles. The van der Waals surface area contributed by atoms with Crippen molar-refractivity contribution >= 4 is 17.3 Å². The van der Waals surface area contributed by atoms with E-state index in [-0.39, 0.29) is 5.56 Å². The highest BCUT2D eigenvalue weighted by molar-refractivity contribution is 6.04. The first kappa shape index (κ1) is 14.5. The fourth-order valence-electron chi connectivity index (χ4n) is 1.59. The lowest BCUT2D eigenvalue weighted by atomic mass is 10.1. The van der Waals surface area contributed by atoms with Crippen molar-refractivity contribution in [2.75, 3.05) is 5.32 Å². The number of hydrogen-bond acceptors (Lipinski definition) is 3. The lowest BCUT2D eigenvalue weighted by Gasteiger charge is -2.07. The Morgan fingerprint density at radius 2 is 1.81 bits per heavy atom. The van der Waals surface area contributed by atoms with Gasteiger partial charge in [-0.05, 0) is 24.3 Å². The van der Waals surface area contributed by atoms with Crippen molar-refractivity contribution in [3.05, 3.63) is 69.5 Å². The van der Waals surface area contributed by atoms with E-state index in [1.165, 1.54) is 6.07 Å². The number of halogens is 3. The summed E-state index contributed by atoms with van der Waals surface area (Å²) in [6.07, 6.45) is 0. The summed E-state index contributed by atoms with van der Waals surface area (Å²) in [5.74, 6) is -4.45. The van der Waals surface area contributed by atoms with Crippen LogP contribution >= 0.6 is 0 Å². The number of carbonyl (C=O) groups excluding carboxylic acids is 1. The predicted molar refractivity (Wildman–Crippen MR) is 67.4 cm³/mol. The molecule has 108 valence electrons. The van der Waals surface area contributed by atoms with Gasteiger partial charge in [0.25, 0.3) is 5.91 Å². The van der Waals surface area contributed by atoms with Crippen LogP contribution in [0.2, 0.25) is 0 Å². The Labute approximate surface area is 116 Å². The monoisotopic (exact) mass is 296 g/mol. The molecule has 0 spiro atoms. The molecule has 0 bridgehead atoms. The predicted octanol–water partition coefficient (Wildman–Crippen LogP) is 3.26. The third kappa shape index (κ3) is 2.99. The molecule has 0 atom stereocenters. The van der Waals surface area contributed by atoms with Gasteiger partial charge < -0.3 is 5.32 Å². The topological polar surface area (TPSA) is 72.2 Å². The van der Waals surface area contributed by atoms with Gasteiger partial charge in [0.1, 0.15) is 0 Å². The van der Waals surface area contributed by atoms with E-state index in [1.54, 1.807) is 0 Å². The Hall–Kier alpha value is -2.90. The lowest BCUT2D eigenvalue weighted by Crippen LogP contribution is -2.14. The minimum Gasteiger partial charge on any atom is -0.319 e. The molecule has 2 rings (SSSR count). The van der Waals surface area contributed by atoms with Crippen molar-refractivity contribution in [2.24, 2.45) is 0 Å². The maximum atomic E-state index is 13.4. The Morgan fingerprint density at radius 3 is 2.48 bits per heavy atom. The zero-order chi connectivity index (χ0) is 15.6. The Bertz CT molecular complexity index is 735. The van der Waals surface area contributed by atoms with Gasteiger partial charge in [-0.1, -0.05) is 6.07 Å². The van der Waals surface area contributed by atoms with Crippen LogP contribution in [0.4, 0.5) is 24.5 Å². The number of nitrogens with one attached hydrogen (secondary N) is 1. The van der Waals surface area contributed by atoms with Crippen LogP contribution < -0.4 is 5.32 Å². The third-order valence-corrected chi connectivity index (χ3v) is 2.60. The number of nitro groups is 1. The summed E-state index contributed by atoms with van der Waals surface area (Å²) in [5.41, 5.74) is -1.57. The highest BCUT2D eigenvalue weighted by atomic mass is 19.2. The van der Waals surface area contributed by atoms with E-state index in [1.807, 2.05) is 0 Å². The van der Waals surface area contributed by atoms with Crippen LogP contribution in [-0.4, -0.2) is 10.8 Å². The molecular weight excluding hydrogens is 289 g/mol. The number of amides is 1. The van der Waals surface area contributed by atoms with Gasteiger partial charge in [0.2, 0.25) is 5.82 Å². The van der Waals surface area contributed by atoms with Crippen LogP contribution in [-0.2, 0) is 0 Å². The second-order valence-corrected chi connectivity index (χ2v) is 3.98. The molecule has 5 nitrogen and oxygen atoms in total. The highest BCUT2D eigenvalue weighted by Crippen LogP contribution is 2.21. The van der Waals surface area contributed by atoms with Crippen molar-refractivity contribution in [1.82, 2.24) is 0 Å². The van der Waals surface area contributed by atoms with Crippen molar-refractivity contribution in [3.63, 3.8) is 0 Å². The van der Waals surface area contributed by atoms with Crippen LogP contribution in [0.15, 0.2) is 36.4 Å². The average Bonchev–Trinajstić information content (AvgIpc) is 2.44. The van der Waals surface area contributed by atoms with Gasteiger partial charge in [0.15, 0.2) is 11.6 Å². The number of nitro benzene ring substituents is 1. The smallest absolute Gasteiger partial charge is 0.305 e. The molecule has 2 aromatic carbocycles. The second-order valence-electron chi connectivity index (χ2n) is 3.98. The molecule has 2 aromatic rings. The molecule has 0 heterocycles. The van der Waals surface area contributed by atoms with E-state index in [0.29, 0.717) is 6.07 Å². The Kier molecular flexibility index (Phi) is 3.88. The standard InChI is InChI=1S/C13H7F3N2O3/c14-8-5-4-7(6-11(8)18(20)21)13(19)17-10-3-1-2-9(15)12(10)16/h1-6H,(H,17,19). The maximum absolute atomic E-state index is 13.4. The average molecular weight is 296 g/mol. The van der Waals surface area contributed by atoms with Gasteiger partial charge in [0, 0.05) is 11.6 Å². The van der Waals surface area contributed by atoms with Crippen LogP contribution in [0.1, 0.15) is 10.4 Å². The number of rotatable bonds is 3. The molecule has 8 heteroatoms. The van der Waals surface area contributed by atoms with E-state index in [0.717, 1.165) is 24.3 Å². The molecular formula is C13H7F3N2O3. The summed E-state index contributed by atoms with van der Waals surface area (Å²) in [4.78, 5) is 21.4. The second kappa shape index (κ2) is 5.61. The molecule has 0 saturated heterocycles. The molecule has 21 heavy (non-hydrogen) atoms. The Morgan fingerprint density at radius 1 is 1.10 bits per heavy atom. The third-order valence-electron chi connectivity index (χ3n) is 2.60. The summed E-state index contributed by atoms with van der Waals surface area (Å²) in [6.45, 7) is 0. The lowest BCUT2D eigenvalue weighted by molar-refractivity contribution is -0.387. The first-order valence-electron chi connectivity index (χ1n) is 5.59. The molecule has 0 unspecified atom stereocenters. The molecule has 0 fully saturated rings. The van der Waals surface area contributed by atoms with Crippen molar-refractivity contribution in [1.29, 1.82) is 0 Å². The number of nitrogens with zero attached hydrogens (tertiary/aromatic N) is 1. The zero-order valence-electron chi connectivity index (χ0n) is 10.3. The minimum absolute atomic E-state index is 0.258. The van der Waals surface area contributed by atoms with E-state index in [2.05, 4.69) is 5.32 Å². The highest BCUT2D eigenvalue weighted by Gasteiger charge is 2.18. The van der Waals surface area contributed by atoms with Crippen LogP contribution in [0.5, 0.6) is 0 Å². The van der Waals surface area contributed by atoms with E-state index < -0.39 is 39.7 Å². The SMILES string of the molecule is O=C(Nc1cccc(F)c1F)c1ccc(F)c([N+](=O)[O-])c1. The van der Waals surface area contributed by atoms with Crippen LogP contribution in [0.3, 0.4) is 0 Å². The fourth-order valence-corrected chi connectivity index (χ4v) is 1.59. The first-order valence-corrected chi connectivity index (χ1v) is 5.59. The summed E-state index contributed by atoms with van der Waals surface area (Å²) in [7, 11) is 0. The molecule has 0 aliphatic rings. The van der Waals surface area contributed by atoms with E-state index in [9.17, 15) is 28.1 Å². The van der Waals surface area contributed by atoms with Gasteiger partial charge >= 0.3 is 5.69 Å². The number of benzene rings is 2. The van der Waals surface area contributed by atoms with Crippen LogP contribution in [0.25, 0.3) is 0 Å². The maximum Gasteiger partial charge on any atom is 0.305 e. The van der Waals surface area contributed by atoms with Gasteiger partial charge in [-0.25, -0.2) is 8.78 Å². The summed E-state index contributed by atoms with van der Waals surface area (Å²) >= 11 is 0. The molecule has 0 aromatic heterocycles. The van der Waals surface area contributed by atoms with Gasteiger partial charge in [0.05, 0.1) is 10.6 Å². The quantitative estimate of drug-likeness (QED) is 0.698. The molecule has 1 amide bonds. The van der Waals surface area contributed by atoms with Gasteiger partial charge in [-0.2, -0.15) is 4.39 Å². The van der Waals surface area contributed by atoms with Crippen molar-refractivity contribution < 1.29 is 22.9 Å². The largest absolute Gasteiger partial charge is 0.319 e. The first-order chi connectivity index (χ1) is 9.90. The molecule has 1 N–H and O–H groups in total. The summed E-state index contributed by atoms with van der Waals surface area (Å²) < 4.78 is 39.5. The number of anilines is 1. The van der Waals surface area contributed by atoms with Crippen molar-refractivity contribution in [3.8, 4) is 0 Å². The summed E-state index contributed by atoms with van der Waals surface area (Å²) in [5, 5.41) is 12.6. The minimum atomic E-state index is -1.26. The number of hydrogen-bond donors (Lipinski definition) is 1. The molecule has 0 aliphatic carbocycles. The molecule has 0 radical (unpaired) electrons. The van der Waals surface area contributed by atoms with E-state index in [4.69, 9.17) is 0 Å². The van der Waals surface area contributed by atoms with E-state index >= 15 is 0 Å². The van der Waals surface area contributed by atoms with Crippen LogP contribution in [0, 0.1) is 27.6 Å². The fraction of sp³-hybridized carbons (Fsp3) is 0. The summed E-state index contributed by atoms with van der Waals surface area (Å²) in [6, 6.07) is 5.62. The zero-order valence-corrected chi connectivity index (χ0v) is 10.3. The molecule has 0 saturated carbocycles.